The molecule has 0 saturated carbocycles. The van der Waals surface area contributed by atoms with Crippen molar-refractivity contribution in [2.24, 2.45) is 0 Å². The predicted octanol–water partition coefficient (Wildman–Crippen LogP) is 2.18. The molecule has 0 aliphatic heterocycles. The molecule has 1 aromatic carbocycles. The van der Waals surface area contributed by atoms with Crippen molar-refractivity contribution in [2.45, 2.75) is 12.5 Å². The molecular formula is C10H10BrClO3. The topological polar surface area (TPSA) is 46.5 Å². The number of methoxy groups -OCH3 is 1. The highest BCUT2D eigenvalue weighted by molar-refractivity contribution is 9.10. The van der Waals surface area contributed by atoms with E-state index in [1.54, 1.807) is 18.2 Å². The van der Waals surface area contributed by atoms with E-state index in [0.717, 1.165) is 4.47 Å². The lowest BCUT2D eigenvalue weighted by molar-refractivity contribution is -0.150. The summed E-state index contributed by atoms with van der Waals surface area (Å²) in [6, 6.07) is 5.32. The molecule has 1 unspecified atom stereocenters. The lowest BCUT2D eigenvalue weighted by Crippen LogP contribution is -2.24. The molecule has 0 aliphatic carbocycles. The number of aliphatic hydroxyl groups excluding tert-OH is 1. The quantitative estimate of drug-likeness (QED) is 0.869. The number of aliphatic hydroxyl groups is 1. The highest BCUT2D eigenvalue weighted by Gasteiger charge is 2.17. The number of ether oxygens (including phenoxy) is 1. The Bertz CT molecular complexity index is 368. The van der Waals surface area contributed by atoms with Crippen LogP contribution in [0.4, 0.5) is 0 Å². The van der Waals surface area contributed by atoms with Crippen molar-refractivity contribution in [1.82, 2.24) is 0 Å². The van der Waals surface area contributed by atoms with E-state index in [9.17, 15) is 9.90 Å². The van der Waals surface area contributed by atoms with Gasteiger partial charge < -0.3 is 9.84 Å². The van der Waals surface area contributed by atoms with Crippen molar-refractivity contribution in [3.8, 4) is 0 Å². The summed E-state index contributed by atoms with van der Waals surface area (Å²) in [5, 5.41) is 9.94. The van der Waals surface area contributed by atoms with Crippen LogP contribution in [0.1, 0.15) is 5.56 Å². The van der Waals surface area contributed by atoms with Crippen molar-refractivity contribution in [3.63, 3.8) is 0 Å². The molecule has 1 aromatic rings. The van der Waals surface area contributed by atoms with E-state index < -0.39 is 12.1 Å². The van der Waals surface area contributed by atoms with Gasteiger partial charge in [0, 0.05) is 10.9 Å². The number of hydrogen-bond donors (Lipinski definition) is 1. The molecule has 1 atom stereocenters. The van der Waals surface area contributed by atoms with Gasteiger partial charge in [-0.05, 0) is 27.6 Å². The van der Waals surface area contributed by atoms with E-state index in [0.29, 0.717) is 10.6 Å². The Morgan fingerprint density at radius 3 is 2.93 bits per heavy atom. The van der Waals surface area contributed by atoms with Crippen LogP contribution in [0.15, 0.2) is 22.7 Å². The lowest BCUT2D eigenvalue weighted by atomic mass is 10.1. The van der Waals surface area contributed by atoms with Crippen LogP contribution in [0.2, 0.25) is 5.02 Å². The molecule has 0 fully saturated rings. The Kier molecular flexibility index (Phi) is 4.57. The van der Waals surface area contributed by atoms with E-state index in [4.69, 9.17) is 11.6 Å². The van der Waals surface area contributed by atoms with Gasteiger partial charge in [-0.25, -0.2) is 4.79 Å². The zero-order valence-corrected chi connectivity index (χ0v) is 10.4. The molecule has 82 valence electrons. The Morgan fingerprint density at radius 1 is 1.67 bits per heavy atom. The number of carbonyl (C=O) groups excluding carboxylic acids is 1. The van der Waals surface area contributed by atoms with E-state index in [2.05, 4.69) is 20.7 Å². The summed E-state index contributed by atoms with van der Waals surface area (Å²) in [7, 11) is 1.23. The number of hydrogen-bond acceptors (Lipinski definition) is 3. The van der Waals surface area contributed by atoms with E-state index >= 15 is 0 Å². The smallest absolute Gasteiger partial charge is 0.335 e. The van der Waals surface area contributed by atoms with Gasteiger partial charge in [0.05, 0.1) is 12.1 Å². The number of benzene rings is 1. The highest BCUT2D eigenvalue weighted by Crippen LogP contribution is 2.26. The zero-order valence-electron chi connectivity index (χ0n) is 8.04. The zero-order chi connectivity index (χ0) is 11.4. The predicted molar refractivity (Wildman–Crippen MR) is 60.9 cm³/mol. The van der Waals surface area contributed by atoms with E-state index in [1.807, 2.05) is 0 Å². The summed E-state index contributed by atoms with van der Waals surface area (Å²) >= 11 is 9.24. The molecule has 0 bridgehead atoms. The average molecular weight is 294 g/mol. The van der Waals surface area contributed by atoms with Gasteiger partial charge in [-0.1, -0.05) is 23.7 Å². The minimum atomic E-state index is -1.18. The third-order valence-electron chi connectivity index (χ3n) is 1.92. The largest absolute Gasteiger partial charge is 0.467 e. The van der Waals surface area contributed by atoms with Gasteiger partial charge in [0.1, 0.15) is 0 Å². The minimum Gasteiger partial charge on any atom is -0.467 e. The first-order valence-electron chi connectivity index (χ1n) is 4.25. The molecule has 0 radical (unpaired) electrons. The van der Waals surface area contributed by atoms with Crippen molar-refractivity contribution >= 4 is 33.5 Å². The second kappa shape index (κ2) is 5.49. The van der Waals surface area contributed by atoms with Gasteiger partial charge in [-0.3, -0.25) is 0 Å². The SMILES string of the molecule is COC(=O)C(O)Cc1cccc(Br)c1Cl. The maximum Gasteiger partial charge on any atom is 0.335 e. The molecule has 15 heavy (non-hydrogen) atoms. The van der Waals surface area contributed by atoms with Crippen molar-refractivity contribution in [1.29, 1.82) is 0 Å². The summed E-state index contributed by atoms with van der Waals surface area (Å²) in [5.41, 5.74) is 0.698. The molecule has 0 aliphatic rings. The van der Waals surface area contributed by atoms with Crippen LogP contribution >= 0.6 is 27.5 Å². The van der Waals surface area contributed by atoms with Crippen LogP contribution in [0.25, 0.3) is 0 Å². The number of halogens is 2. The van der Waals surface area contributed by atoms with Crippen LogP contribution in [0.5, 0.6) is 0 Å². The maximum atomic E-state index is 11.0. The maximum absolute atomic E-state index is 11.0. The minimum absolute atomic E-state index is 0.144. The highest BCUT2D eigenvalue weighted by atomic mass is 79.9. The first kappa shape index (κ1) is 12.5. The van der Waals surface area contributed by atoms with E-state index in [-0.39, 0.29) is 6.42 Å². The summed E-state index contributed by atoms with van der Waals surface area (Å²) in [5.74, 6) is -0.661. The second-order valence-corrected chi connectivity index (χ2v) is 4.19. The normalized spacial score (nSPS) is 12.3. The molecule has 0 aromatic heterocycles. The Morgan fingerprint density at radius 2 is 2.33 bits per heavy atom. The van der Waals surface area contributed by atoms with Crippen LogP contribution in [0, 0.1) is 0 Å². The molecule has 3 nitrogen and oxygen atoms in total. The van der Waals surface area contributed by atoms with Crippen LogP contribution in [0.3, 0.4) is 0 Å². The third-order valence-corrected chi connectivity index (χ3v) is 3.25. The van der Waals surface area contributed by atoms with Crippen molar-refractivity contribution in [3.05, 3.63) is 33.3 Å². The molecule has 0 amide bonds. The lowest BCUT2D eigenvalue weighted by Gasteiger charge is -2.10. The Hall–Kier alpha value is -0.580. The number of carbonyl (C=O) groups is 1. The first-order chi connectivity index (χ1) is 7.06. The van der Waals surface area contributed by atoms with Crippen LogP contribution in [-0.2, 0) is 16.0 Å². The Labute approximate surface area is 101 Å². The molecule has 5 heteroatoms. The number of esters is 1. The number of rotatable bonds is 3. The molecule has 1 N–H and O–H groups in total. The van der Waals surface area contributed by atoms with Gasteiger partial charge in [0.2, 0.25) is 0 Å². The van der Waals surface area contributed by atoms with Crippen LogP contribution < -0.4 is 0 Å². The fraction of sp³-hybridized carbons (Fsp3) is 0.300. The van der Waals surface area contributed by atoms with Gasteiger partial charge in [-0.15, -0.1) is 0 Å². The van der Waals surface area contributed by atoms with Gasteiger partial charge in [0.15, 0.2) is 6.10 Å². The molecular weight excluding hydrogens is 283 g/mol. The average Bonchev–Trinajstić information content (AvgIpc) is 2.23. The molecule has 0 saturated heterocycles. The van der Waals surface area contributed by atoms with Crippen molar-refractivity contribution in [2.75, 3.05) is 7.11 Å². The summed E-state index contributed by atoms with van der Waals surface area (Å²) in [6.07, 6.45) is -1.04. The summed E-state index contributed by atoms with van der Waals surface area (Å²) in [6.45, 7) is 0. The first-order valence-corrected chi connectivity index (χ1v) is 5.42. The van der Waals surface area contributed by atoms with Gasteiger partial charge in [0.25, 0.3) is 0 Å². The summed E-state index contributed by atoms with van der Waals surface area (Å²) < 4.78 is 5.15. The van der Waals surface area contributed by atoms with Crippen molar-refractivity contribution < 1.29 is 14.6 Å². The van der Waals surface area contributed by atoms with Gasteiger partial charge in [-0.2, -0.15) is 0 Å². The fourth-order valence-electron chi connectivity index (χ4n) is 1.13. The standard InChI is InChI=1S/C10H10BrClO3/c1-15-10(14)8(13)5-6-3-2-4-7(11)9(6)12/h2-4,8,13H,5H2,1H3. The van der Waals surface area contributed by atoms with Crippen LogP contribution in [-0.4, -0.2) is 24.3 Å². The third kappa shape index (κ3) is 3.19. The van der Waals surface area contributed by atoms with Gasteiger partial charge >= 0.3 is 5.97 Å². The Balaban J connectivity index is 2.81. The molecule has 0 spiro atoms. The van der Waals surface area contributed by atoms with E-state index in [1.165, 1.54) is 7.11 Å². The second-order valence-electron chi connectivity index (χ2n) is 2.96. The molecule has 1 rings (SSSR count). The summed E-state index contributed by atoms with van der Waals surface area (Å²) in [4.78, 5) is 11.0. The monoisotopic (exact) mass is 292 g/mol. The molecule has 0 heterocycles. The fourth-order valence-corrected chi connectivity index (χ4v) is 1.74.